The second kappa shape index (κ2) is 8.07. The van der Waals surface area contributed by atoms with Crippen molar-refractivity contribution in [3.05, 3.63) is 95.1 Å². The van der Waals surface area contributed by atoms with Crippen LogP contribution in [-0.4, -0.2) is 26.3 Å². The number of nitrogens with zero attached hydrogens (tertiary/aromatic N) is 1. The molecule has 28 heavy (non-hydrogen) atoms. The average Bonchev–Trinajstić information content (AvgIpc) is 2.73. The predicted octanol–water partition coefficient (Wildman–Crippen LogP) is 5.17. The summed E-state index contributed by atoms with van der Waals surface area (Å²) < 4.78 is 5.30. The molecule has 3 heteroatoms. The van der Waals surface area contributed by atoms with Crippen LogP contribution < -0.4 is 9.64 Å². The molecule has 0 heterocycles. The van der Waals surface area contributed by atoms with Gasteiger partial charge in [-0.05, 0) is 52.4 Å². The summed E-state index contributed by atoms with van der Waals surface area (Å²) in [7, 11) is 5.67. The minimum absolute atomic E-state index is 0.385. The zero-order valence-electron chi connectivity index (χ0n) is 17.3. The maximum Gasteiger partial charge on any atom is 0.140 e. The fraction of sp³-hybridized carbons (Fsp3) is 0.280. The first-order chi connectivity index (χ1) is 13.4. The van der Waals surface area contributed by atoms with Gasteiger partial charge in [0.15, 0.2) is 0 Å². The van der Waals surface area contributed by atoms with Crippen LogP contribution in [0, 0.1) is 0 Å². The van der Waals surface area contributed by atoms with E-state index in [0.717, 1.165) is 28.1 Å². The lowest BCUT2D eigenvalue weighted by Crippen LogP contribution is -2.29. The highest BCUT2D eigenvalue weighted by molar-refractivity contribution is 5.53. The molecule has 0 aromatic heterocycles. The highest BCUT2D eigenvalue weighted by Gasteiger charge is 2.34. The molecule has 1 unspecified atom stereocenters. The molecular formula is C25H29NO2. The van der Waals surface area contributed by atoms with E-state index in [2.05, 4.69) is 30.9 Å². The minimum atomic E-state index is -1.25. The normalized spacial score (nSPS) is 13.2. The zero-order valence-corrected chi connectivity index (χ0v) is 17.3. The van der Waals surface area contributed by atoms with Gasteiger partial charge in [-0.1, -0.05) is 62.4 Å². The van der Waals surface area contributed by atoms with E-state index in [1.807, 2.05) is 74.8 Å². The van der Waals surface area contributed by atoms with Crippen molar-refractivity contribution in [2.75, 3.05) is 26.1 Å². The fourth-order valence-corrected chi connectivity index (χ4v) is 3.46. The van der Waals surface area contributed by atoms with Crippen molar-refractivity contribution in [3.63, 3.8) is 0 Å². The number of benzene rings is 3. The standard InChI is InChI=1S/C25H29NO2/c1-18(2)19-7-6-8-22(17-19)25(27,21-11-15-24(28-5)16-12-21)20-9-13-23(14-10-20)26(3)4/h6-18,27H,1-5H3. The number of hydrogen-bond donors (Lipinski definition) is 1. The fourth-order valence-electron chi connectivity index (χ4n) is 3.46. The molecule has 0 bridgehead atoms. The summed E-state index contributed by atoms with van der Waals surface area (Å²) in [4.78, 5) is 2.05. The van der Waals surface area contributed by atoms with Crippen molar-refractivity contribution in [3.8, 4) is 5.75 Å². The minimum Gasteiger partial charge on any atom is -0.497 e. The van der Waals surface area contributed by atoms with Crippen molar-refractivity contribution < 1.29 is 9.84 Å². The maximum absolute atomic E-state index is 12.1. The van der Waals surface area contributed by atoms with Gasteiger partial charge in [0.05, 0.1) is 7.11 Å². The van der Waals surface area contributed by atoms with Crippen LogP contribution in [0.25, 0.3) is 0 Å². The van der Waals surface area contributed by atoms with E-state index < -0.39 is 5.60 Å². The molecule has 0 aliphatic heterocycles. The largest absolute Gasteiger partial charge is 0.497 e. The summed E-state index contributed by atoms with van der Waals surface area (Å²) >= 11 is 0. The molecule has 146 valence electrons. The Morgan fingerprint density at radius 3 is 1.89 bits per heavy atom. The van der Waals surface area contributed by atoms with Crippen LogP contribution in [0.5, 0.6) is 5.75 Å². The van der Waals surface area contributed by atoms with E-state index in [4.69, 9.17) is 4.74 Å². The third kappa shape index (κ3) is 3.76. The van der Waals surface area contributed by atoms with Crippen molar-refractivity contribution >= 4 is 5.69 Å². The summed E-state index contributed by atoms with van der Waals surface area (Å²) in [5.74, 6) is 1.15. The Balaban J connectivity index is 2.19. The van der Waals surface area contributed by atoms with Gasteiger partial charge >= 0.3 is 0 Å². The summed E-state index contributed by atoms with van der Waals surface area (Å²) in [6, 6.07) is 24.0. The Kier molecular flexibility index (Phi) is 5.76. The molecule has 0 aliphatic rings. The van der Waals surface area contributed by atoms with Crippen LogP contribution in [0.3, 0.4) is 0 Å². The van der Waals surface area contributed by atoms with E-state index in [-0.39, 0.29) is 0 Å². The lowest BCUT2D eigenvalue weighted by Gasteiger charge is -2.31. The molecule has 3 nitrogen and oxygen atoms in total. The third-order valence-corrected chi connectivity index (χ3v) is 5.28. The smallest absolute Gasteiger partial charge is 0.140 e. The van der Waals surface area contributed by atoms with E-state index in [1.165, 1.54) is 5.56 Å². The SMILES string of the molecule is COc1ccc(C(O)(c2ccc(N(C)C)cc2)c2cccc(C(C)C)c2)cc1. The van der Waals surface area contributed by atoms with Gasteiger partial charge < -0.3 is 14.7 Å². The topological polar surface area (TPSA) is 32.7 Å². The van der Waals surface area contributed by atoms with E-state index in [1.54, 1.807) is 7.11 Å². The number of anilines is 1. The average molecular weight is 376 g/mol. The Bertz CT molecular complexity index is 914. The van der Waals surface area contributed by atoms with E-state index >= 15 is 0 Å². The molecule has 1 atom stereocenters. The third-order valence-electron chi connectivity index (χ3n) is 5.28. The number of hydrogen-bond acceptors (Lipinski definition) is 3. The number of rotatable bonds is 6. The van der Waals surface area contributed by atoms with Crippen molar-refractivity contribution in [1.82, 2.24) is 0 Å². The molecule has 0 radical (unpaired) electrons. The molecule has 0 saturated carbocycles. The molecular weight excluding hydrogens is 346 g/mol. The number of methoxy groups -OCH3 is 1. The Morgan fingerprint density at radius 1 is 0.821 bits per heavy atom. The van der Waals surface area contributed by atoms with Crippen LogP contribution >= 0.6 is 0 Å². The number of aliphatic hydroxyl groups is 1. The van der Waals surface area contributed by atoms with Crippen LogP contribution in [0.4, 0.5) is 5.69 Å². The van der Waals surface area contributed by atoms with Gasteiger partial charge in [0.1, 0.15) is 11.4 Å². The first-order valence-electron chi connectivity index (χ1n) is 9.61. The second-order valence-electron chi connectivity index (χ2n) is 7.66. The summed E-state index contributed by atoms with van der Waals surface area (Å²) in [6.45, 7) is 4.33. The molecule has 0 amide bonds. The Hall–Kier alpha value is -2.78. The molecule has 3 rings (SSSR count). The highest BCUT2D eigenvalue weighted by Crippen LogP contribution is 2.38. The quantitative estimate of drug-likeness (QED) is 0.604. The molecule has 1 N–H and O–H groups in total. The molecule has 0 saturated heterocycles. The number of ether oxygens (including phenoxy) is 1. The Labute approximate surface area is 168 Å². The summed E-state index contributed by atoms with van der Waals surface area (Å²) in [6.07, 6.45) is 0. The van der Waals surface area contributed by atoms with E-state index in [0.29, 0.717) is 5.92 Å². The lowest BCUT2D eigenvalue weighted by atomic mass is 9.79. The van der Waals surface area contributed by atoms with Crippen LogP contribution in [-0.2, 0) is 5.60 Å². The van der Waals surface area contributed by atoms with Gasteiger partial charge in [-0.15, -0.1) is 0 Å². The van der Waals surface area contributed by atoms with Crippen LogP contribution in [0.1, 0.15) is 42.0 Å². The molecule has 0 aliphatic carbocycles. The van der Waals surface area contributed by atoms with Gasteiger partial charge in [0, 0.05) is 19.8 Å². The Morgan fingerprint density at radius 2 is 1.39 bits per heavy atom. The molecule has 3 aromatic rings. The van der Waals surface area contributed by atoms with Gasteiger partial charge in [0.2, 0.25) is 0 Å². The second-order valence-corrected chi connectivity index (χ2v) is 7.66. The van der Waals surface area contributed by atoms with Gasteiger partial charge in [-0.2, -0.15) is 0 Å². The van der Waals surface area contributed by atoms with E-state index in [9.17, 15) is 5.11 Å². The zero-order chi connectivity index (χ0) is 20.3. The predicted molar refractivity (Wildman–Crippen MR) is 116 cm³/mol. The lowest BCUT2D eigenvalue weighted by molar-refractivity contribution is 0.125. The summed E-state index contributed by atoms with van der Waals surface area (Å²) in [5, 5.41) is 12.1. The summed E-state index contributed by atoms with van der Waals surface area (Å²) in [5.41, 5.74) is 3.56. The van der Waals surface area contributed by atoms with Crippen LogP contribution in [0.2, 0.25) is 0 Å². The van der Waals surface area contributed by atoms with Crippen molar-refractivity contribution in [2.24, 2.45) is 0 Å². The molecule has 0 spiro atoms. The first-order valence-corrected chi connectivity index (χ1v) is 9.61. The first kappa shape index (κ1) is 20.0. The highest BCUT2D eigenvalue weighted by atomic mass is 16.5. The van der Waals surface area contributed by atoms with Crippen molar-refractivity contribution in [2.45, 2.75) is 25.4 Å². The van der Waals surface area contributed by atoms with Crippen molar-refractivity contribution in [1.29, 1.82) is 0 Å². The molecule has 3 aromatic carbocycles. The molecule has 0 fully saturated rings. The monoisotopic (exact) mass is 375 g/mol. The van der Waals surface area contributed by atoms with Gasteiger partial charge in [-0.3, -0.25) is 0 Å². The van der Waals surface area contributed by atoms with Gasteiger partial charge in [-0.25, -0.2) is 0 Å². The maximum atomic E-state index is 12.1. The van der Waals surface area contributed by atoms with Gasteiger partial charge in [0.25, 0.3) is 0 Å². The van der Waals surface area contributed by atoms with Crippen LogP contribution in [0.15, 0.2) is 72.8 Å².